The Kier molecular flexibility index (Phi) is 5.64. The van der Waals surface area contributed by atoms with Crippen LogP contribution in [0.4, 0.5) is 13.2 Å². The molecular weight excluding hydrogens is 315 g/mol. The topological polar surface area (TPSA) is 74.6 Å². The molecule has 0 bridgehead atoms. The van der Waals surface area contributed by atoms with Crippen molar-refractivity contribution in [3.05, 3.63) is 24.2 Å². The number of halogens is 3. The second-order valence-electron chi connectivity index (χ2n) is 5.32. The van der Waals surface area contributed by atoms with Gasteiger partial charge in [-0.3, -0.25) is 14.5 Å². The number of hydrogen-bond donors (Lipinski definition) is 2. The minimum atomic E-state index is -4.44. The molecule has 0 aromatic carbocycles. The maximum atomic E-state index is 12.1. The third kappa shape index (κ3) is 5.59. The summed E-state index contributed by atoms with van der Waals surface area (Å²) < 4.78 is 41.5. The lowest BCUT2D eigenvalue weighted by molar-refractivity contribution is -0.141. The zero-order valence-corrected chi connectivity index (χ0v) is 12.4. The van der Waals surface area contributed by atoms with Gasteiger partial charge in [-0.15, -0.1) is 0 Å². The summed E-state index contributed by atoms with van der Waals surface area (Å²) in [4.78, 5) is 25.3. The van der Waals surface area contributed by atoms with Gasteiger partial charge in [0.1, 0.15) is 12.3 Å². The molecule has 0 saturated carbocycles. The number of alkyl halides is 3. The molecule has 2 amide bonds. The van der Waals surface area contributed by atoms with Gasteiger partial charge < -0.3 is 15.1 Å². The third-order valence-corrected chi connectivity index (χ3v) is 3.52. The van der Waals surface area contributed by atoms with Gasteiger partial charge in [0.15, 0.2) is 0 Å². The van der Waals surface area contributed by atoms with E-state index >= 15 is 0 Å². The average molecular weight is 333 g/mol. The second kappa shape index (κ2) is 7.49. The first-order chi connectivity index (χ1) is 10.8. The molecule has 1 aromatic heterocycles. The fraction of sp³-hybridized carbons (Fsp3) is 0.571. The summed E-state index contributed by atoms with van der Waals surface area (Å²) in [6.07, 6.45) is -1.85. The summed E-state index contributed by atoms with van der Waals surface area (Å²) in [6, 6.07) is 2.71. The predicted molar refractivity (Wildman–Crippen MR) is 74.2 cm³/mol. The number of amides is 2. The van der Waals surface area contributed by atoms with Crippen LogP contribution in [0.2, 0.25) is 0 Å². The van der Waals surface area contributed by atoms with Gasteiger partial charge in [-0.05, 0) is 31.5 Å². The van der Waals surface area contributed by atoms with E-state index in [2.05, 4.69) is 5.32 Å². The van der Waals surface area contributed by atoms with Crippen molar-refractivity contribution in [2.24, 2.45) is 0 Å². The molecular formula is C14H18F3N3O3. The monoisotopic (exact) mass is 333 g/mol. The maximum absolute atomic E-state index is 12.1. The Hall–Kier alpha value is -2.03. The fourth-order valence-corrected chi connectivity index (χ4v) is 2.46. The molecule has 1 fully saturated rings. The van der Waals surface area contributed by atoms with Crippen molar-refractivity contribution < 1.29 is 27.2 Å². The number of hydrogen-bond acceptors (Lipinski definition) is 4. The molecule has 2 rings (SSSR count). The van der Waals surface area contributed by atoms with Gasteiger partial charge in [0.25, 0.3) is 0 Å². The van der Waals surface area contributed by atoms with Gasteiger partial charge in [-0.25, -0.2) is 0 Å². The van der Waals surface area contributed by atoms with Crippen LogP contribution >= 0.6 is 0 Å². The van der Waals surface area contributed by atoms with Crippen LogP contribution < -0.4 is 10.6 Å². The second-order valence-corrected chi connectivity index (χ2v) is 5.32. The van der Waals surface area contributed by atoms with Crippen molar-refractivity contribution in [1.29, 1.82) is 0 Å². The van der Waals surface area contributed by atoms with Crippen molar-refractivity contribution >= 4 is 11.8 Å². The largest absolute Gasteiger partial charge is 0.467 e. The normalized spacial score (nSPS) is 18.8. The number of carbonyl (C=O) groups is 2. The number of nitrogens with one attached hydrogen (secondary N) is 2. The Morgan fingerprint density at radius 1 is 1.35 bits per heavy atom. The van der Waals surface area contributed by atoms with Crippen LogP contribution in [-0.2, 0) is 16.1 Å². The van der Waals surface area contributed by atoms with E-state index < -0.39 is 24.7 Å². The van der Waals surface area contributed by atoms with Crippen molar-refractivity contribution in [3.63, 3.8) is 0 Å². The van der Waals surface area contributed by atoms with Crippen LogP contribution in [0.3, 0.4) is 0 Å². The Labute approximate surface area is 131 Å². The van der Waals surface area contributed by atoms with Gasteiger partial charge in [-0.2, -0.15) is 13.2 Å². The smallest absolute Gasteiger partial charge is 0.405 e. The molecule has 6 nitrogen and oxygen atoms in total. The van der Waals surface area contributed by atoms with Crippen LogP contribution in [0, 0.1) is 0 Å². The van der Waals surface area contributed by atoms with Gasteiger partial charge in [0.05, 0.1) is 25.4 Å². The maximum Gasteiger partial charge on any atom is 0.405 e. The molecule has 128 valence electrons. The summed E-state index contributed by atoms with van der Waals surface area (Å²) >= 11 is 0. The Morgan fingerprint density at radius 3 is 2.78 bits per heavy atom. The summed E-state index contributed by atoms with van der Waals surface area (Å²) in [6.45, 7) is -0.672. The highest BCUT2D eigenvalue weighted by molar-refractivity contribution is 5.84. The summed E-state index contributed by atoms with van der Waals surface area (Å²) in [7, 11) is 0. The number of carbonyl (C=O) groups excluding carboxylic acids is 2. The highest BCUT2D eigenvalue weighted by atomic mass is 19.4. The zero-order chi connectivity index (χ0) is 16.9. The van der Waals surface area contributed by atoms with Gasteiger partial charge in [0, 0.05) is 0 Å². The van der Waals surface area contributed by atoms with E-state index in [0.717, 1.165) is 0 Å². The Bertz CT molecular complexity index is 531. The molecule has 2 heterocycles. The van der Waals surface area contributed by atoms with Crippen molar-refractivity contribution in [3.8, 4) is 0 Å². The lowest BCUT2D eigenvalue weighted by Gasteiger charge is -2.23. The van der Waals surface area contributed by atoms with E-state index in [1.54, 1.807) is 17.0 Å². The highest BCUT2D eigenvalue weighted by Gasteiger charge is 2.34. The molecule has 1 atom stereocenters. The van der Waals surface area contributed by atoms with E-state index in [0.29, 0.717) is 25.1 Å². The first-order valence-electron chi connectivity index (χ1n) is 7.23. The van der Waals surface area contributed by atoms with Crippen LogP contribution in [0.15, 0.2) is 22.8 Å². The van der Waals surface area contributed by atoms with Gasteiger partial charge >= 0.3 is 6.18 Å². The molecule has 0 aliphatic carbocycles. The molecule has 23 heavy (non-hydrogen) atoms. The first kappa shape index (κ1) is 17.3. The molecule has 1 aromatic rings. The number of furan rings is 1. The zero-order valence-electron chi connectivity index (χ0n) is 12.4. The molecule has 0 radical (unpaired) electrons. The molecule has 9 heteroatoms. The van der Waals surface area contributed by atoms with Crippen LogP contribution in [0.1, 0.15) is 18.6 Å². The first-order valence-corrected chi connectivity index (χ1v) is 7.23. The average Bonchev–Trinajstić information content (AvgIpc) is 3.13. The summed E-state index contributed by atoms with van der Waals surface area (Å²) in [5.74, 6) is -0.408. The van der Waals surface area contributed by atoms with E-state index in [-0.39, 0.29) is 19.0 Å². The van der Waals surface area contributed by atoms with E-state index in [1.807, 2.05) is 5.32 Å². The number of likely N-dealkylation sites (tertiary alicyclic amines) is 1. The van der Waals surface area contributed by atoms with E-state index in [9.17, 15) is 22.8 Å². The quantitative estimate of drug-likeness (QED) is 0.816. The fourth-order valence-electron chi connectivity index (χ4n) is 2.46. The van der Waals surface area contributed by atoms with Crippen LogP contribution in [0.5, 0.6) is 0 Å². The summed E-state index contributed by atoms with van der Waals surface area (Å²) in [5, 5.41) is 4.51. The highest BCUT2D eigenvalue weighted by Crippen LogP contribution is 2.18. The molecule has 0 spiro atoms. The minimum Gasteiger partial charge on any atom is -0.467 e. The predicted octanol–water partition coefficient (Wildman–Crippen LogP) is 1.04. The Balaban J connectivity index is 1.79. The molecule has 1 saturated heterocycles. The standard InChI is InChI=1S/C14H18F3N3O3/c15-14(16,17)9-19-13(22)11-4-1-5-20(11)8-12(21)18-7-10-3-2-6-23-10/h2-3,6,11H,1,4-5,7-9H2,(H,18,21)(H,19,22). The lowest BCUT2D eigenvalue weighted by atomic mass is 10.2. The van der Waals surface area contributed by atoms with Gasteiger partial charge in [-0.1, -0.05) is 0 Å². The van der Waals surface area contributed by atoms with E-state index in [4.69, 9.17) is 4.42 Å². The summed E-state index contributed by atoms with van der Waals surface area (Å²) in [5.41, 5.74) is 0. The SMILES string of the molecule is O=C(CN1CCCC1C(=O)NCC(F)(F)F)NCc1ccco1. The Morgan fingerprint density at radius 2 is 2.13 bits per heavy atom. The number of rotatable bonds is 6. The van der Waals surface area contributed by atoms with Crippen molar-refractivity contribution in [2.45, 2.75) is 31.6 Å². The lowest BCUT2D eigenvalue weighted by Crippen LogP contribution is -2.48. The van der Waals surface area contributed by atoms with Crippen LogP contribution in [-0.4, -0.2) is 48.6 Å². The van der Waals surface area contributed by atoms with Crippen LogP contribution in [0.25, 0.3) is 0 Å². The minimum absolute atomic E-state index is 0.0369. The molecule has 2 N–H and O–H groups in total. The van der Waals surface area contributed by atoms with Crippen molar-refractivity contribution in [1.82, 2.24) is 15.5 Å². The molecule has 1 aliphatic rings. The van der Waals surface area contributed by atoms with Crippen molar-refractivity contribution in [2.75, 3.05) is 19.6 Å². The number of nitrogens with zero attached hydrogens (tertiary/aromatic N) is 1. The van der Waals surface area contributed by atoms with Gasteiger partial charge in [0.2, 0.25) is 11.8 Å². The third-order valence-electron chi connectivity index (χ3n) is 3.52. The molecule has 1 aliphatic heterocycles. The molecule has 1 unspecified atom stereocenters. The van der Waals surface area contributed by atoms with E-state index in [1.165, 1.54) is 6.26 Å².